The Hall–Kier alpha value is -1.73. The molecule has 2 rings (SSSR count). The molecule has 1 saturated heterocycles. The molecule has 0 spiro atoms. The summed E-state index contributed by atoms with van der Waals surface area (Å²) in [7, 11) is 3.90. The SMILES string of the molecule is CN(C)C1CCN(C(=O)c2ccnc(Cl)c2[N+](=O)[O-])C1. The Morgan fingerprint density at radius 2 is 2.30 bits per heavy atom. The first kappa shape index (κ1) is 14.7. The molecule has 0 N–H and O–H groups in total. The lowest BCUT2D eigenvalue weighted by Crippen LogP contribution is -2.34. The van der Waals surface area contributed by atoms with Crippen molar-refractivity contribution in [3.8, 4) is 0 Å². The summed E-state index contributed by atoms with van der Waals surface area (Å²) in [5.41, 5.74) is -0.429. The summed E-state index contributed by atoms with van der Waals surface area (Å²) < 4.78 is 0. The van der Waals surface area contributed by atoms with Crippen LogP contribution in [0.15, 0.2) is 12.3 Å². The molecule has 1 aromatic rings. The third-order valence-corrected chi connectivity index (χ3v) is 3.75. The van der Waals surface area contributed by atoms with E-state index in [9.17, 15) is 14.9 Å². The Kier molecular flexibility index (Phi) is 4.20. The summed E-state index contributed by atoms with van der Waals surface area (Å²) >= 11 is 5.72. The highest BCUT2D eigenvalue weighted by Gasteiger charge is 2.32. The van der Waals surface area contributed by atoms with Crippen LogP contribution < -0.4 is 0 Å². The number of rotatable bonds is 3. The van der Waals surface area contributed by atoms with Crippen molar-refractivity contribution in [2.24, 2.45) is 0 Å². The Labute approximate surface area is 121 Å². The van der Waals surface area contributed by atoms with Crippen molar-refractivity contribution in [1.29, 1.82) is 0 Å². The first-order chi connectivity index (χ1) is 9.41. The highest BCUT2D eigenvalue weighted by Crippen LogP contribution is 2.28. The Morgan fingerprint density at radius 1 is 1.60 bits per heavy atom. The number of nitrogens with zero attached hydrogens (tertiary/aromatic N) is 4. The lowest BCUT2D eigenvalue weighted by molar-refractivity contribution is -0.385. The van der Waals surface area contributed by atoms with Crippen LogP contribution in [-0.4, -0.2) is 58.8 Å². The molecule has 0 radical (unpaired) electrons. The first-order valence-electron chi connectivity index (χ1n) is 6.16. The van der Waals surface area contributed by atoms with Gasteiger partial charge in [0.25, 0.3) is 5.91 Å². The average molecular weight is 299 g/mol. The fraction of sp³-hybridized carbons (Fsp3) is 0.500. The maximum Gasteiger partial charge on any atom is 0.319 e. The van der Waals surface area contributed by atoms with E-state index in [-0.39, 0.29) is 22.7 Å². The van der Waals surface area contributed by atoms with Crippen molar-refractivity contribution in [3.63, 3.8) is 0 Å². The van der Waals surface area contributed by atoms with Gasteiger partial charge >= 0.3 is 5.69 Å². The van der Waals surface area contributed by atoms with E-state index in [1.165, 1.54) is 12.3 Å². The van der Waals surface area contributed by atoms with E-state index < -0.39 is 10.6 Å². The predicted molar refractivity (Wildman–Crippen MR) is 73.9 cm³/mol. The van der Waals surface area contributed by atoms with Crippen LogP contribution in [0.25, 0.3) is 0 Å². The van der Waals surface area contributed by atoms with Crippen LogP contribution in [0.1, 0.15) is 16.8 Å². The molecule has 1 aromatic heterocycles. The second kappa shape index (κ2) is 5.72. The highest BCUT2D eigenvalue weighted by molar-refractivity contribution is 6.32. The van der Waals surface area contributed by atoms with Crippen molar-refractivity contribution in [1.82, 2.24) is 14.8 Å². The Bertz CT molecular complexity index is 550. The van der Waals surface area contributed by atoms with Gasteiger partial charge in [-0.15, -0.1) is 0 Å². The molecule has 8 heteroatoms. The van der Waals surface area contributed by atoms with Gasteiger partial charge in [0.2, 0.25) is 5.15 Å². The maximum absolute atomic E-state index is 12.4. The monoisotopic (exact) mass is 298 g/mol. The second-order valence-electron chi connectivity index (χ2n) is 4.91. The number of amides is 1. The molecule has 20 heavy (non-hydrogen) atoms. The summed E-state index contributed by atoms with van der Waals surface area (Å²) in [6.07, 6.45) is 2.16. The topological polar surface area (TPSA) is 79.6 Å². The van der Waals surface area contributed by atoms with Crippen molar-refractivity contribution in [2.45, 2.75) is 12.5 Å². The molecule has 0 bridgehead atoms. The summed E-state index contributed by atoms with van der Waals surface area (Å²) in [5.74, 6) is -0.370. The lowest BCUT2D eigenvalue weighted by atomic mass is 10.2. The van der Waals surface area contributed by atoms with Gasteiger partial charge < -0.3 is 9.80 Å². The van der Waals surface area contributed by atoms with Crippen LogP contribution in [0.3, 0.4) is 0 Å². The highest BCUT2D eigenvalue weighted by atomic mass is 35.5. The average Bonchev–Trinajstić information content (AvgIpc) is 2.86. The van der Waals surface area contributed by atoms with Crippen LogP contribution in [0, 0.1) is 10.1 Å². The van der Waals surface area contributed by atoms with Gasteiger partial charge in [0, 0.05) is 25.3 Å². The van der Waals surface area contributed by atoms with Crippen molar-refractivity contribution in [3.05, 3.63) is 33.1 Å². The van der Waals surface area contributed by atoms with E-state index in [2.05, 4.69) is 4.98 Å². The molecule has 1 aliphatic heterocycles. The minimum absolute atomic E-state index is 0.00518. The maximum atomic E-state index is 12.4. The van der Waals surface area contributed by atoms with E-state index in [1.807, 2.05) is 19.0 Å². The number of likely N-dealkylation sites (N-methyl/N-ethyl adjacent to an activating group) is 1. The fourth-order valence-electron chi connectivity index (χ4n) is 2.29. The van der Waals surface area contributed by atoms with Gasteiger partial charge in [-0.2, -0.15) is 0 Å². The largest absolute Gasteiger partial charge is 0.337 e. The molecule has 108 valence electrons. The van der Waals surface area contributed by atoms with Crippen LogP contribution >= 0.6 is 11.6 Å². The number of carbonyl (C=O) groups excluding carboxylic acids is 1. The second-order valence-corrected chi connectivity index (χ2v) is 5.27. The Morgan fingerprint density at radius 3 is 2.85 bits per heavy atom. The fourth-order valence-corrected chi connectivity index (χ4v) is 2.52. The number of aromatic nitrogens is 1. The molecule has 1 aliphatic rings. The summed E-state index contributed by atoms with van der Waals surface area (Å²) in [6.45, 7) is 1.14. The standard InChI is InChI=1S/C12H15ClN4O3/c1-15(2)8-4-6-16(7-8)12(18)9-3-5-14-11(13)10(9)17(19)20/h3,5,8H,4,6-7H2,1-2H3. The van der Waals surface area contributed by atoms with Gasteiger partial charge in [-0.1, -0.05) is 11.6 Å². The quantitative estimate of drug-likeness (QED) is 0.479. The minimum atomic E-state index is -0.665. The lowest BCUT2D eigenvalue weighted by Gasteiger charge is -2.20. The molecule has 2 heterocycles. The molecule has 0 aromatic carbocycles. The molecular formula is C12H15ClN4O3. The molecule has 1 atom stereocenters. The zero-order valence-corrected chi connectivity index (χ0v) is 12.0. The first-order valence-corrected chi connectivity index (χ1v) is 6.54. The van der Waals surface area contributed by atoms with Gasteiger partial charge in [0.05, 0.1) is 4.92 Å². The summed E-state index contributed by atoms with van der Waals surface area (Å²) in [6, 6.07) is 1.62. The molecule has 1 fully saturated rings. The number of hydrogen-bond acceptors (Lipinski definition) is 5. The number of likely N-dealkylation sites (tertiary alicyclic amines) is 1. The molecule has 0 saturated carbocycles. The number of hydrogen-bond donors (Lipinski definition) is 0. The van der Waals surface area contributed by atoms with Crippen LogP contribution in [0.5, 0.6) is 0 Å². The van der Waals surface area contributed by atoms with Crippen LogP contribution in [0.2, 0.25) is 5.15 Å². The van der Waals surface area contributed by atoms with Crippen LogP contribution in [0.4, 0.5) is 5.69 Å². The zero-order chi connectivity index (χ0) is 14.9. The summed E-state index contributed by atoms with van der Waals surface area (Å²) in [5, 5.41) is 10.8. The third kappa shape index (κ3) is 2.73. The smallest absolute Gasteiger partial charge is 0.319 e. The summed E-state index contributed by atoms with van der Waals surface area (Å²) in [4.78, 5) is 30.1. The van der Waals surface area contributed by atoms with E-state index in [4.69, 9.17) is 11.6 Å². The number of halogens is 1. The van der Waals surface area contributed by atoms with Gasteiger partial charge in [0.15, 0.2) is 0 Å². The zero-order valence-electron chi connectivity index (χ0n) is 11.2. The minimum Gasteiger partial charge on any atom is -0.337 e. The van der Waals surface area contributed by atoms with Crippen molar-refractivity contribution in [2.75, 3.05) is 27.2 Å². The van der Waals surface area contributed by atoms with E-state index in [0.29, 0.717) is 13.1 Å². The molecule has 1 unspecified atom stereocenters. The third-order valence-electron chi connectivity index (χ3n) is 3.47. The molecule has 1 amide bonds. The normalized spacial score (nSPS) is 18.6. The van der Waals surface area contributed by atoms with Crippen LogP contribution in [-0.2, 0) is 0 Å². The Balaban J connectivity index is 2.27. The van der Waals surface area contributed by atoms with Crippen molar-refractivity contribution < 1.29 is 9.72 Å². The number of pyridine rings is 1. The van der Waals surface area contributed by atoms with Gasteiger partial charge in [-0.05, 0) is 26.6 Å². The van der Waals surface area contributed by atoms with Gasteiger partial charge in [-0.25, -0.2) is 4.98 Å². The van der Waals surface area contributed by atoms with Gasteiger partial charge in [-0.3, -0.25) is 14.9 Å². The van der Waals surface area contributed by atoms with Gasteiger partial charge in [0.1, 0.15) is 5.56 Å². The van der Waals surface area contributed by atoms with E-state index in [0.717, 1.165) is 6.42 Å². The molecule has 0 aliphatic carbocycles. The van der Waals surface area contributed by atoms with E-state index in [1.54, 1.807) is 4.90 Å². The van der Waals surface area contributed by atoms with E-state index >= 15 is 0 Å². The number of nitro groups is 1. The molecular weight excluding hydrogens is 284 g/mol. The predicted octanol–water partition coefficient (Wildman–Crippen LogP) is 1.42. The van der Waals surface area contributed by atoms with Crippen molar-refractivity contribution >= 4 is 23.2 Å². The molecule has 7 nitrogen and oxygen atoms in total. The number of carbonyl (C=O) groups is 1.